The van der Waals surface area contributed by atoms with E-state index in [0.29, 0.717) is 6.07 Å². The van der Waals surface area contributed by atoms with Crippen molar-refractivity contribution in [1.82, 2.24) is 10.2 Å². The van der Waals surface area contributed by atoms with Crippen molar-refractivity contribution in [2.24, 2.45) is 0 Å². The Balaban J connectivity index is 3.06. The summed E-state index contributed by atoms with van der Waals surface area (Å²) in [5.41, 5.74) is -1.08. The second kappa shape index (κ2) is 2.65. The molecule has 0 spiro atoms. The van der Waals surface area contributed by atoms with Gasteiger partial charge in [-0.05, 0) is 6.07 Å². The van der Waals surface area contributed by atoms with E-state index in [2.05, 4.69) is 10.2 Å². The highest BCUT2D eigenvalue weighted by Crippen LogP contribution is 2.27. The molecule has 1 aromatic rings. The SMILES string of the molecule is FC(F)(F)c1cc(Cl)cnn1. The van der Waals surface area contributed by atoms with Gasteiger partial charge in [-0.1, -0.05) is 11.6 Å². The first-order valence-corrected chi connectivity index (χ1v) is 2.93. The van der Waals surface area contributed by atoms with Gasteiger partial charge in [0, 0.05) is 0 Å². The maximum atomic E-state index is 11.8. The largest absolute Gasteiger partial charge is 0.435 e. The van der Waals surface area contributed by atoms with Crippen LogP contribution in [0.5, 0.6) is 0 Å². The molecule has 0 fully saturated rings. The summed E-state index contributed by atoms with van der Waals surface area (Å²) in [5.74, 6) is 0. The second-order valence-corrected chi connectivity index (χ2v) is 2.19. The van der Waals surface area contributed by atoms with Crippen LogP contribution in [0.3, 0.4) is 0 Å². The Kier molecular flexibility index (Phi) is 1.99. The first-order chi connectivity index (χ1) is 5.00. The van der Waals surface area contributed by atoms with Crippen molar-refractivity contribution in [3.05, 3.63) is 23.0 Å². The predicted molar refractivity (Wildman–Crippen MR) is 32.0 cm³/mol. The van der Waals surface area contributed by atoms with E-state index in [9.17, 15) is 13.2 Å². The molecule has 60 valence electrons. The van der Waals surface area contributed by atoms with Gasteiger partial charge in [-0.25, -0.2) is 0 Å². The Labute approximate surface area is 65.0 Å². The molecular formula is C5H2ClF3N2. The fourth-order valence-electron chi connectivity index (χ4n) is 0.481. The number of hydrogen-bond acceptors (Lipinski definition) is 2. The molecule has 0 unspecified atom stereocenters. The molecule has 1 aromatic heterocycles. The van der Waals surface area contributed by atoms with E-state index in [1.54, 1.807) is 0 Å². The van der Waals surface area contributed by atoms with E-state index in [-0.39, 0.29) is 5.02 Å². The molecule has 11 heavy (non-hydrogen) atoms. The van der Waals surface area contributed by atoms with Gasteiger partial charge in [0.25, 0.3) is 0 Å². The van der Waals surface area contributed by atoms with E-state index >= 15 is 0 Å². The molecule has 0 aliphatic heterocycles. The van der Waals surface area contributed by atoms with Crippen LogP contribution in [0.2, 0.25) is 5.02 Å². The van der Waals surface area contributed by atoms with E-state index in [0.717, 1.165) is 6.20 Å². The average molecular weight is 183 g/mol. The third-order valence-electron chi connectivity index (χ3n) is 0.912. The van der Waals surface area contributed by atoms with Gasteiger partial charge in [-0.3, -0.25) is 0 Å². The molecule has 0 saturated heterocycles. The minimum absolute atomic E-state index is 0.0766. The Hall–Kier alpha value is -0.840. The van der Waals surface area contributed by atoms with Crippen LogP contribution in [0, 0.1) is 0 Å². The maximum absolute atomic E-state index is 11.8. The van der Waals surface area contributed by atoms with Crippen molar-refractivity contribution in [3.63, 3.8) is 0 Å². The molecule has 0 N–H and O–H groups in total. The zero-order valence-electron chi connectivity index (χ0n) is 5.06. The van der Waals surface area contributed by atoms with Crippen LogP contribution in [0.25, 0.3) is 0 Å². The lowest BCUT2D eigenvalue weighted by Crippen LogP contribution is -2.08. The van der Waals surface area contributed by atoms with Gasteiger partial charge in [0.2, 0.25) is 0 Å². The molecule has 0 aliphatic rings. The Morgan fingerprint density at radius 3 is 2.36 bits per heavy atom. The molecule has 0 saturated carbocycles. The summed E-state index contributed by atoms with van der Waals surface area (Å²) >= 11 is 5.25. The lowest BCUT2D eigenvalue weighted by molar-refractivity contribution is -0.141. The molecule has 0 atom stereocenters. The normalized spacial score (nSPS) is 11.6. The van der Waals surface area contributed by atoms with Crippen LogP contribution in [0.4, 0.5) is 13.2 Å². The summed E-state index contributed by atoms with van der Waals surface area (Å²) in [6.07, 6.45) is -3.44. The van der Waals surface area contributed by atoms with Crippen LogP contribution in [0.15, 0.2) is 12.3 Å². The van der Waals surface area contributed by atoms with Gasteiger partial charge in [-0.15, -0.1) is 5.10 Å². The van der Waals surface area contributed by atoms with Gasteiger partial charge in [0.1, 0.15) is 0 Å². The fraction of sp³-hybridized carbons (Fsp3) is 0.200. The van der Waals surface area contributed by atoms with Gasteiger partial charge < -0.3 is 0 Å². The summed E-state index contributed by atoms with van der Waals surface area (Å²) in [5, 5.41) is 5.82. The molecular weight excluding hydrogens is 181 g/mol. The van der Waals surface area contributed by atoms with Crippen LogP contribution < -0.4 is 0 Å². The van der Waals surface area contributed by atoms with Crippen molar-refractivity contribution < 1.29 is 13.2 Å². The molecule has 0 amide bonds. The summed E-state index contributed by atoms with van der Waals surface area (Å²) in [4.78, 5) is 0. The Morgan fingerprint density at radius 1 is 1.36 bits per heavy atom. The van der Waals surface area contributed by atoms with Crippen LogP contribution in [-0.4, -0.2) is 10.2 Å². The number of alkyl halides is 3. The molecule has 1 rings (SSSR count). The zero-order valence-corrected chi connectivity index (χ0v) is 5.82. The molecule has 1 heterocycles. The van der Waals surface area contributed by atoms with Crippen molar-refractivity contribution in [1.29, 1.82) is 0 Å². The number of nitrogens with zero attached hydrogens (tertiary/aromatic N) is 2. The maximum Gasteiger partial charge on any atom is 0.435 e. The predicted octanol–water partition coefficient (Wildman–Crippen LogP) is 2.15. The van der Waals surface area contributed by atoms with Crippen LogP contribution in [-0.2, 0) is 6.18 Å². The van der Waals surface area contributed by atoms with Crippen molar-refractivity contribution >= 4 is 11.6 Å². The van der Waals surface area contributed by atoms with Gasteiger partial charge in [0.15, 0.2) is 5.69 Å². The number of hydrogen-bond donors (Lipinski definition) is 0. The van der Waals surface area contributed by atoms with Gasteiger partial charge in [-0.2, -0.15) is 18.3 Å². The summed E-state index contributed by atoms with van der Waals surface area (Å²) in [6, 6.07) is 0.717. The lowest BCUT2D eigenvalue weighted by atomic mass is 10.4. The van der Waals surface area contributed by atoms with Crippen molar-refractivity contribution in [3.8, 4) is 0 Å². The fourth-order valence-corrected chi connectivity index (χ4v) is 0.628. The summed E-state index contributed by atoms with van der Waals surface area (Å²) in [6.45, 7) is 0. The lowest BCUT2D eigenvalue weighted by Gasteiger charge is -2.02. The van der Waals surface area contributed by atoms with Gasteiger partial charge in [0.05, 0.1) is 11.2 Å². The second-order valence-electron chi connectivity index (χ2n) is 1.76. The quantitative estimate of drug-likeness (QED) is 0.614. The first kappa shape index (κ1) is 8.26. The van der Waals surface area contributed by atoms with Crippen LogP contribution in [0.1, 0.15) is 5.69 Å². The average Bonchev–Trinajstić information content (AvgIpc) is 1.86. The standard InChI is InChI=1S/C5H2ClF3N2/c6-3-1-4(5(7,8)9)11-10-2-3/h1-2H. The van der Waals surface area contributed by atoms with Gasteiger partial charge >= 0.3 is 6.18 Å². The molecule has 6 heteroatoms. The first-order valence-electron chi connectivity index (χ1n) is 2.55. The summed E-state index contributed by atoms with van der Waals surface area (Å²) < 4.78 is 35.4. The molecule has 2 nitrogen and oxygen atoms in total. The summed E-state index contributed by atoms with van der Waals surface area (Å²) in [7, 11) is 0. The Bertz CT molecular complexity index is 260. The number of rotatable bonds is 0. The number of aromatic nitrogens is 2. The number of halogens is 4. The molecule has 0 bridgehead atoms. The monoisotopic (exact) mass is 182 g/mol. The highest BCUT2D eigenvalue weighted by atomic mass is 35.5. The van der Waals surface area contributed by atoms with E-state index in [1.807, 2.05) is 0 Å². The molecule has 0 radical (unpaired) electrons. The van der Waals surface area contributed by atoms with E-state index in [1.165, 1.54) is 0 Å². The minimum Gasteiger partial charge on any atom is -0.164 e. The molecule has 0 aliphatic carbocycles. The topological polar surface area (TPSA) is 25.8 Å². The third kappa shape index (κ3) is 2.04. The van der Waals surface area contributed by atoms with Crippen LogP contribution >= 0.6 is 11.6 Å². The van der Waals surface area contributed by atoms with E-state index in [4.69, 9.17) is 11.6 Å². The third-order valence-corrected chi connectivity index (χ3v) is 1.12. The zero-order chi connectivity index (χ0) is 8.48. The van der Waals surface area contributed by atoms with Crippen molar-refractivity contribution in [2.75, 3.05) is 0 Å². The minimum atomic E-state index is -4.47. The highest BCUT2D eigenvalue weighted by Gasteiger charge is 2.33. The smallest absolute Gasteiger partial charge is 0.164 e. The highest BCUT2D eigenvalue weighted by molar-refractivity contribution is 6.30. The molecule has 0 aromatic carbocycles. The van der Waals surface area contributed by atoms with E-state index < -0.39 is 11.9 Å². The van der Waals surface area contributed by atoms with Crippen molar-refractivity contribution in [2.45, 2.75) is 6.18 Å². The Morgan fingerprint density at radius 2 is 2.00 bits per heavy atom.